The lowest BCUT2D eigenvalue weighted by Crippen LogP contribution is -2.36. The van der Waals surface area contributed by atoms with E-state index in [-0.39, 0.29) is 5.91 Å². The van der Waals surface area contributed by atoms with Gasteiger partial charge in [-0.25, -0.2) is 0 Å². The Morgan fingerprint density at radius 3 is 2.68 bits per heavy atom. The van der Waals surface area contributed by atoms with Crippen molar-refractivity contribution in [2.45, 2.75) is 20.0 Å². The minimum atomic E-state index is -0.493. The van der Waals surface area contributed by atoms with Gasteiger partial charge in [-0.15, -0.1) is 0 Å². The number of fused-ring (bicyclic) bond motifs is 1. The first-order chi connectivity index (χ1) is 9.10. The molecule has 2 aromatic carbocycles. The molecule has 0 fully saturated rings. The molecule has 100 valence electrons. The van der Waals surface area contributed by atoms with E-state index < -0.39 is 6.10 Å². The van der Waals surface area contributed by atoms with Crippen LogP contribution >= 0.6 is 15.9 Å². The number of likely N-dealkylation sites (N-methyl/N-ethyl adjacent to an activating group) is 1. The van der Waals surface area contributed by atoms with Gasteiger partial charge in [-0.2, -0.15) is 0 Å². The van der Waals surface area contributed by atoms with Crippen LogP contribution in [0.5, 0.6) is 5.75 Å². The second kappa shape index (κ2) is 6.06. The molecule has 2 rings (SSSR count). The van der Waals surface area contributed by atoms with Crippen LogP contribution in [0.2, 0.25) is 0 Å². The van der Waals surface area contributed by atoms with Gasteiger partial charge in [0.1, 0.15) is 5.75 Å². The van der Waals surface area contributed by atoms with Crippen molar-refractivity contribution in [3.05, 3.63) is 40.9 Å². The number of carbonyl (C=O) groups excluding carboxylic acids is 1. The average Bonchev–Trinajstić information content (AvgIpc) is 2.39. The Morgan fingerprint density at radius 1 is 1.26 bits per heavy atom. The minimum Gasteiger partial charge on any atom is -0.481 e. The molecule has 0 saturated heterocycles. The van der Waals surface area contributed by atoms with E-state index in [0.717, 1.165) is 15.2 Å². The van der Waals surface area contributed by atoms with Crippen LogP contribution in [0.4, 0.5) is 0 Å². The normalized spacial score (nSPS) is 12.2. The zero-order chi connectivity index (χ0) is 13.8. The SMILES string of the molecule is CCNC(=O)[C@H](C)Oc1ccc2cc(Br)ccc2c1. The Kier molecular flexibility index (Phi) is 4.43. The molecule has 0 spiro atoms. The fourth-order valence-corrected chi connectivity index (χ4v) is 2.22. The van der Waals surface area contributed by atoms with Gasteiger partial charge in [-0.3, -0.25) is 4.79 Å². The van der Waals surface area contributed by atoms with Crippen LogP contribution in [-0.2, 0) is 4.79 Å². The van der Waals surface area contributed by atoms with Gasteiger partial charge in [-0.05, 0) is 48.9 Å². The maximum absolute atomic E-state index is 11.6. The van der Waals surface area contributed by atoms with Crippen molar-refractivity contribution in [1.29, 1.82) is 0 Å². The van der Waals surface area contributed by atoms with E-state index in [9.17, 15) is 4.79 Å². The van der Waals surface area contributed by atoms with Gasteiger partial charge in [0, 0.05) is 11.0 Å². The molecule has 0 bridgehead atoms. The van der Waals surface area contributed by atoms with Gasteiger partial charge in [-0.1, -0.05) is 28.1 Å². The Balaban J connectivity index is 2.17. The van der Waals surface area contributed by atoms with E-state index in [1.165, 1.54) is 0 Å². The zero-order valence-corrected chi connectivity index (χ0v) is 12.5. The van der Waals surface area contributed by atoms with Gasteiger partial charge in [0.15, 0.2) is 6.10 Å². The molecule has 1 atom stereocenters. The highest BCUT2D eigenvalue weighted by atomic mass is 79.9. The van der Waals surface area contributed by atoms with Crippen LogP contribution in [0.3, 0.4) is 0 Å². The van der Waals surface area contributed by atoms with E-state index in [1.54, 1.807) is 6.92 Å². The van der Waals surface area contributed by atoms with E-state index in [0.29, 0.717) is 12.3 Å². The maximum Gasteiger partial charge on any atom is 0.260 e. The van der Waals surface area contributed by atoms with Crippen LogP contribution in [0.15, 0.2) is 40.9 Å². The van der Waals surface area contributed by atoms with E-state index in [4.69, 9.17) is 4.74 Å². The van der Waals surface area contributed by atoms with Gasteiger partial charge in [0.2, 0.25) is 0 Å². The largest absolute Gasteiger partial charge is 0.481 e. The van der Waals surface area contributed by atoms with Crippen molar-refractivity contribution < 1.29 is 9.53 Å². The third-order valence-corrected chi connectivity index (χ3v) is 3.30. The molecule has 0 saturated carbocycles. The standard InChI is InChI=1S/C15H16BrNO2/c1-3-17-15(18)10(2)19-14-7-5-11-8-13(16)6-4-12(11)9-14/h4-10H,3H2,1-2H3,(H,17,18)/t10-/m0/s1. The summed E-state index contributed by atoms with van der Waals surface area (Å²) in [6.07, 6.45) is -0.493. The summed E-state index contributed by atoms with van der Waals surface area (Å²) >= 11 is 3.44. The number of hydrogen-bond acceptors (Lipinski definition) is 2. The summed E-state index contributed by atoms with van der Waals surface area (Å²) in [7, 11) is 0. The Morgan fingerprint density at radius 2 is 1.95 bits per heavy atom. The third-order valence-electron chi connectivity index (χ3n) is 2.81. The van der Waals surface area contributed by atoms with Crippen molar-refractivity contribution in [2.24, 2.45) is 0 Å². The average molecular weight is 322 g/mol. The molecule has 1 N–H and O–H groups in total. The van der Waals surface area contributed by atoms with Crippen molar-refractivity contribution in [3.8, 4) is 5.75 Å². The summed E-state index contributed by atoms with van der Waals surface area (Å²) in [6, 6.07) is 11.9. The smallest absolute Gasteiger partial charge is 0.260 e. The molecular formula is C15H16BrNO2. The summed E-state index contributed by atoms with van der Waals surface area (Å²) in [6.45, 7) is 4.24. The molecule has 0 aliphatic rings. The molecule has 0 aromatic heterocycles. The number of hydrogen-bond donors (Lipinski definition) is 1. The molecule has 4 heteroatoms. The number of rotatable bonds is 4. The van der Waals surface area contributed by atoms with Gasteiger partial charge in [0.25, 0.3) is 5.91 Å². The van der Waals surface area contributed by atoms with E-state index in [1.807, 2.05) is 43.3 Å². The Hall–Kier alpha value is -1.55. The molecule has 0 radical (unpaired) electrons. The molecule has 0 aliphatic carbocycles. The Labute approximate surface area is 121 Å². The molecule has 1 amide bonds. The zero-order valence-electron chi connectivity index (χ0n) is 10.9. The van der Waals surface area contributed by atoms with E-state index in [2.05, 4.69) is 21.2 Å². The highest BCUT2D eigenvalue weighted by Gasteiger charge is 2.13. The molecular weight excluding hydrogens is 306 g/mol. The lowest BCUT2D eigenvalue weighted by Gasteiger charge is -2.14. The van der Waals surface area contributed by atoms with Crippen molar-refractivity contribution in [1.82, 2.24) is 5.32 Å². The first-order valence-corrected chi connectivity index (χ1v) is 7.03. The highest BCUT2D eigenvalue weighted by Crippen LogP contribution is 2.24. The molecule has 0 unspecified atom stereocenters. The lowest BCUT2D eigenvalue weighted by atomic mass is 10.1. The summed E-state index contributed by atoms with van der Waals surface area (Å²) < 4.78 is 6.69. The first kappa shape index (κ1) is 13.9. The summed E-state index contributed by atoms with van der Waals surface area (Å²) in [5.41, 5.74) is 0. The topological polar surface area (TPSA) is 38.3 Å². The van der Waals surface area contributed by atoms with Gasteiger partial charge in [0.05, 0.1) is 0 Å². The van der Waals surface area contributed by atoms with Crippen molar-refractivity contribution in [3.63, 3.8) is 0 Å². The van der Waals surface area contributed by atoms with Gasteiger partial charge >= 0.3 is 0 Å². The van der Waals surface area contributed by atoms with Crippen molar-refractivity contribution in [2.75, 3.05) is 6.54 Å². The molecule has 3 nitrogen and oxygen atoms in total. The predicted molar refractivity (Wildman–Crippen MR) is 80.4 cm³/mol. The highest BCUT2D eigenvalue weighted by molar-refractivity contribution is 9.10. The number of nitrogens with one attached hydrogen (secondary N) is 1. The predicted octanol–water partition coefficient (Wildman–Crippen LogP) is 3.51. The second-order valence-corrected chi connectivity index (χ2v) is 5.22. The third kappa shape index (κ3) is 3.47. The molecule has 0 heterocycles. The Bertz CT molecular complexity index is 598. The number of amides is 1. The van der Waals surface area contributed by atoms with Gasteiger partial charge < -0.3 is 10.1 Å². The van der Waals surface area contributed by atoms with Crippen LogP contribution in [-0.4, -0.2) is 18.6 Å². The molecule has 0 aliphatic heterocycles. The first-order valence-electron chi connectivity index (χ1n) is 6.24. The van der Waals surface area contributed by atoms with Crippen molar-refractivity contribution >= 4 is 32.6 Å². The molecule has 19 heavy (non-hydrogen) atoms. The van der Waals surface area contributed by atoms with Crippen LogP contribution in [0, 0.1) is 0 Å². The lowest BCUT2D eigenvalue weighted by molar-refractivity contribution is -0.127. The maximum atomic E-state index is 11.6. The fraction of sp³-hybridized carbons (Fsp3) is 0.267. The molecule has 2 aromatic rings. The number of ether oxygens (including phenoxy) is 1. The van der Waals surface area contributed by atoms with E-state index >= 15 is 0 Å². The number of carbonyl (C=O) groups is 1. The number of benzene rings is 2. The summed E-state index contributed by atoms with van der Waals surface area (Å²) in [5.74, 6) is 0.604. The summed E-state index contributed by atoms with van der Waals surface area (Å²) in [5, 5.41) is 4.96. The van der Waals surface area contributed by atoms with Crippen LogP contribution in [0.1, 0.15) is 13.8 Å². The monoisotopic (exact) mass is 321 g/mol. The quantitative estimate of drug-likeness (QED) is 0.935. The fourth-order valence-electron chi connectivity index (χ4n) is 1.84. The second-order valence-electron chi connectivity index (χ2n) is 4.31. The van der Waals surface area contributed by atoms with Crippen LogP contribution < -0.4 is 10.1 Å². The van der Waals surface area contributed by atoms with Crippen LogP contribution in [0.25, 0.3) is 10.8 Å². The minimum absolute atomic E-state index is 0.0987. The summed E-state index contributed by atoms with van der Waals surface area (Å²) in [4.78, 5) is 11.6. The number of halogens is 1.